The zero-order chi connectivity index (χ0) is 15.6. The molecular formula is C16H22ClN3O3. The first-order valence-corrected chi connectivity index (χ1v) is 7.47. The molecule has 0 amide bonds. The molecule has 1 aliphatic rings. The van der Waals surface area contributed by atoms with Crippen LogP contribution >= 0.6 is 12.4 Å². The number of ether oxygens (including phenoxy) is 2. The van der Waals surface area contributed by atoms with Crippen molar-refractivity contribution < 1.29 is 14.0 Å². The van der Waals surface area contributed by atoms with Gasteiger partial charge in [0, 0.05) is 6.42 Å². The number of nitrogens with zero attached hydrogens (tertiary/aromatic N) is 2. The zero-order valence-electron chi connectivity index (χ0n) is 13.4. The highest BCUT2D eigenvalue weighted by molar-refractivity contribution is 5.85. The quantitative estimate of drug-likeness (QED) is 0.901. The Bertz CT molecular complexity index is 654. The van der Waals surface area contributed by atoms with Gasteiger partial charge in [-0.05, 0) is 30.5 Å². The van der Waals surface area contributed by atoms with E-state index in [2.05, 4.69) is 10.1 Å². The molecule has 0 spiro atoms. The van der Waals surface area contributed by atoms with Crippen LogP contribution in [0.3, 0.4) is 0 Å². The Morgan fingerprint density at radius 1 is 1.17 bits per heavy atom. The van der Waals surface area contributed by atoms with Crippen molar-refractivity contribution in [3.63, 3.8) is 0 Å². The van der Waals surface area contributed by atoms with Crippen molar-refractivity contribution in [2.24, 2.45) is 5.73 Å². The molecule has 0 saturated heterocycles. The molecule has 7 heteroatoms. The van der Waals surface area contributed by atoms with E-state index in [-0.39, 0.29) is 12.4 Å². The maximum absolute atomic E-state index is 6.34. The topological polar surface area (TPSA) is 83.4 Å². The minimum absolute atomic E-state index is 0. The predicted octanol–water partition coefficient (Wildman–Crippen LogP) is 2.83. The molecule has 1 aliphatic carbocycles. The molecule has 1 fully saturated rings. The Hall–Kier alpha value is -1.79. The fourth-order valence-electron chi connectivity index (χ4n) is 2.92. The molecule has 0 unspecified atom stereocenters. The molecule has 1 aromatic heterocycles. The highest BCUT2D eigenvalue weighted by Gasteiger charge is 2.36. The van der Waals surface area contributed by atoms with Crippen molar-refractivity contribution in [3.05, 3.63) is 35.5 Å². The number of aromatic nitrogens is 2. The van der Waals surface area contributed by atoms with E-state index in [1.165, 1.54) is 0 Å². The lowest BCUT2D eigenvalue weighted by molar-refractivity contribution is 0.284. The van der Waals surface area contributed by atoms with Crippen LogP contribution in [0.2, 0.25) is 0 Å². The molecule has 0 atom stereocenters. The number of nitrogens with two attached hydrogens (primary N) is 1. The molecule has 0 radical (unpaired) electrons. The standard InChI is InChI=1S/C16H21N3O3.ClH/c1-20-12-6-5-11(9-13(12)21-2)10-14-18-15(22-19-14)16(17)7-3-4-8-16;/h5-6,9H,3-4,7-8,10,17H2,1-2H3;1H. The molecule has 1 aromatic carbocycles. The van der Waals surface area contributed by atoms with Crippen LogP contribution in [-0.4, -0.2) is 24.4 Å². The number of rotatable bonds is 5. The van der Waals surface area contributed by atoms with Crippen LogP contribution in [0.1, 0.15) is 43.0 Å². The lowest BCUT2D eigenvalue weighted by Crippen LogP contribution is -2.33. The smallest absolute Gasteiger partial charge is 0.246 e. The van der Waals surface area contributed by atoms with Gasteiger partial charge in [0.2, 0.25) is 5.89 Å². The molecule has 1 saturated carbocycles. The van der Waals surface area contributed by atoms with Gasteiger partial charge in [-0.3, -0.25) is 0 Å². The monoisotopic (exact) mass is 339 g/mol. The number of hydrogen-bond donors (Lipinski definition) is 1. The van der Waals surface area contributed by atoms with Gasteiger partial charge in [0.05, 0.1) is 19.8 Å². The lowest BCUT2D eigenvalue weighted by atomic mass is 9.99. The van der Waals surface area contributed by atoms with Crippen LogP contribution < -0.4 is 15.2 Å². The van der Waals surface area contributed by atoms with Gasteiger partial charge in [-0.25, -0.2) is 0 Å². The molecule has 1 heterocycles. The zero-order valence-corrected chi connectivity index (χ0v) is 14.2. The summed E-state index contributed by atoms with van der Waals surface area (Å²) in [5, 5.41) is 4.06. The SMILES string of the molecule is COc1ccc(Cc2noc(C3(N)CCCC3)n2)cc1OC.Cl. The van der Waals surface area contributed by atoms with E-state index in [1.807, 2.05) is 18.2 Å². The van der Waals surface area contributed by atoms with Crippen LogP contribution in [0.4, 0.5) is 0 Å². The first-order valence-electron chi connectivity index (χ1n) is 7.47. The fourth-order valence-corrected chi connectivity index (χ4v) is 2.92. The first kappa shape index (κ1) is 17.6. The second kappa shape index (κ2) is 7.19. The Morgan fingerprint density at radius 3 is 2.52 bits per heavy atom. The van der Waals surface area contributed by atoms with Gasteiger partial charge in [-0.15, -0.1) is 12.4 Å². The highest BCUT2D eigenvalue weighted by Crippen LogP contribution is 2.35. The van der Waals surface area contributed by atoms with E-state index < -0.39 is 5.54 Å². The van der Waals surface area contributed by atoms with Crippen LogP contribution in [0.15, 0.2) is 22.7 Å². The van der Waals surface area contributed by atoms with E-state index >= 15 is 0 Å². The van der Waals surface area contributed by atoms with Crippen molar-refractivity contribution in [1.82, 2.24) is 10.1 Å². The largest absolute Gasteiger partial charge is 0.493 e. The molecule has 0 aliphatic heterocycles. The predicted molar refractivity (Wildman–Crippen MR) is 88.2 cm³/mol. The van der Waals surface area contributed by atoms with Gasteiger partial charge in [0.25, 0.3) is 0 Å². The maximum Gasteiger partial charge on any atom is 0.246 e. The minimum Gasteiger partial charge on any atom is -0.493 e. The Morgan fingerprint density at radius 2 is 1.87 bits per heavy atom. The van der Waals surface area contributed by atoms with Crippen molar-refractivity contribution in [3.8, 4) is 11.5 Å². The summed E-state index contributed by atoms with van der Waals surface area (Å²) in [7, 11) is 3.23. The van der Waals surface area contributed by atoms with Crippen LogP contribution in [0.25, 0.3) is 0 Å². The molecule has 0 bridgehead atoms. The third kappa shape index (κ3) is 3.59. The van der Waals surface area contributed by atoms with Crippen molar-refractivity contribution in [2.45, 2.75) is 37.6 Å². The summed E-state index contributed by atoms with van der Waals surface area (Å²) in [5.41, 5.74) is 6.93. The van der Waals surface area contributed by atoms with Gasteiger partial charge in [-0.1, -0.05) is 24.1 Å². The minimum atomic E-state index is -0.442. The lowest BCUT2D eigenvalue weighted by Gasteiger charge is -2.17. The van der Waals surface area contributed by atoms with Gasteiger partial charge in [0.15, 0.2) is 17.3 Å². The van der Waals surface area contributed by atoms with Crippen molar-refractivity contribution in [1.29, 1.82) is 0 Å². The summed E-state index contributed by atoms with van der Waals surface area (Å²) in [6.45, 7) is 0. The van der Waals surface area contributed by atoms with E-state index in [4.69, 9.17) is 19.7 Å². The van der Waals surface area contributed by atoms with E-state index in [0.29, 0.717) is 29.6 Å². The maximum atomic E-state index is 6.34. The second-order valence-corrected chi connectivity index (χ2v) is 5.75. The summed E-state index contributed by atoms with van der Waals surface area (Å²) in [6.07, 6.45) is 4.61. The molecule has 2 N–H and O–H groups in total. The number of benzene rings is 1. The van der Waals surface area contributed by atoms with E-state index in [9.17, 15) is 0 Å². The summed E-state index contributed by atoms with van der Waals surface area (Å²) < 4.78 is 15.9. The number of hydrogen-bond acceptors (Lipinski definition) is 6. The average Bonchev–Trinajstić information content (AvgIpc) is 3.17. The molecule has 2 aromatic rings. The molecule has 126 valence electrons. The summed E-state index contributed by atoms with van der Waals surface area (Å²) >= 11 is 0. The molecule has 3 rings (SSSR count). The van der Waals surface area contributed by atoms with E-state index in [0.717, 1.165) is 31.2 Å². The fraction of sp³-hybridized carbons (Fsp3) is 0.500. The van der Waals surface area contributed by atoms with Gasteiger partial charge in [0.1, 0.15) is 0 Å². The normalized spacial score (nSPS) is 16.0. The highest BCUT2D eigenvalue weighted by atomic mass is 35.5. The Balaban J connectivity index is 0.00000192. The Kier molecular flexibility index (Phi) is 5.49. The number of halogens is 1. The summed E-state index contributed by atoms with van der Waals surface area (Å²) in [4.78, 5) is 4.48. The Labute approximate surface area is 141 Å². The third-order valence-electron chi connectivity index (χ3n) is 4.20. The van der Waals surface area contributed by atoms with E-state index in [1.54, 1.807) is 14.2 Å². The summed E-state index contributed by atoms with van der Waals surface area (Å²) in [6, 6.07) is 5.75. The van der Waals surface area contributed by atoms with Crippen LogP contribution in [0.5, 0.6) is 11.5 Å². The second-order valence-electron chi connectivity index (χ2n) is 5.75. The van der Waals surface area contributed by atoms with Gasteiger partial charge >= 0.3 is 0 Å². The molecule has 6 nitrogen and oxygen atoms in total. The van der Waals surface area contributed by atoms with Gasteiger partial charge in [-0.2, -0.15) is 4.98 Å². The third-order valence-corrected chi connectivity index (χ3v) is 4.20. The van der Waals surface area contributed by atoms with Crippen molar-refractivity contribution >= 4 is 12.4 Å². The van der Waals surface area contributed by atoms with Gasteiger partial charge < -0.3 is 19.7 Å². The van der Waals surface area contributed by atoms with Crippen LogP contribution in [0, 0.1) is 0 Å². The average molecular weight is 340 g/mol. The summed E-state index contributed by atoms with van der Waals surface area (Å²) in [5.74, 6) is 2.58. The van der Waals surface area contributed by atoms with Crippen LogP contribution in [-0.2, 0) is 12.0 Å². The molecular weight excluding hydrogens is 318 g/mol. The van der Waals surface area contributed by atoms with Crippen molar-refractivity contribution in [2.75, 3.05) is 14.2 Å². The molecule has 23 heavy (non-hydrogen) atoms. The number of methoxy groups -OCH3 is 2. The first-order chi connectivity index (χ1) is 10.6.